The number of piperidine rings is 1. The molecule has 0 N–H and O–H groups in total. The molecule has 0 unspecified atom stereocenters. The van der Waals surface area contributed by atoms with Gasteiger partial charge in [0.15, 0.2) is 11.5 Å². The van der Waals surface area contributed by atoms with Gasteiger partial charge >= 0.3 is 0 Å². The number of likely N-dealkylation sites (tertiary alicyclic amines) is 2. The van der Waals surface area contributed by atoms with E-state index in [1.165, 1.54) is 11.1 Å². The quantitative estimate of drug-likeness (QED) is 0.777. The van der Waals surface area contributed by atoms with E-state index in [9.17, 15) is 4.79 Å². The molecule has 2 fully saturated rings. The maximum Gasteiger partial charge on any atom is 0.231 e. The van der Waals surface area contributed by atoms with Crippen LogP contribution in [0.25, 0.3) is 0 Å². The molecule has 0 aromatic heterocycles. The predicted molar refractivity (Wildman–Crippen MR) is 100 cm³/mol. The van der Waals surface area contributed by atoms with Crippen molar-refractivity contribution in [3.8, 4) is 11.5 Å². The average molecular weight is 356 g/mol. The highest BCUT2D eigenvalue weighted by Gasteiger charge is 2.44. The summed E-state index contributed by atoms with van der Waals surface area (Å²) in [5, 5.41) is 0. The van der Waals surface area contributed by atoms with Crippen LogP contribution in [0.2, 0.25) is 0 Å². The second-order valence-corrected chi connectivity index (χ2v) is 8.20. The van der Waals surface area contributed by atoms with Crippen molar-refractivity contribution in [3.05, 3.63) is 35.4 Å². The van der Waals surface area contributed by atoms with Crippen molar-refractivity contribution >= 4 is 5.91 Å². The maximum atomic E-state index is 12.4. The Morgan fingerprint density at radius 1 is 1.19 bits per heavy atom. The van der Waals surface area contributed by atoms with Gasteiger partial charge in [-0.05, 0) is 62.9 Å². The Morgan fingerprint density at radius 2 is 1.96 bits per heavy atom. The third-order valence-corrected chi connectivity index (χ3v) is 5.89. The number of amides is 1. The topological polar surface area (TPSA) is 42.0 Å². The van der Waals surface area contributed by atoms with Gasteiger partial charge in [0.25, 0.3) is 0 Å². The van der Waals surface area contributed by atoms with Gasteiger partial charge in [0.1, 0.15) is 0 Å². The van der Waals surface area contributed by atoms with Gasteiger partial charge in [-0.15, -0.1) is 0 Å². The highest BCUT2D eigenvalue weighted by atomic mass is 16.7. The van der Waals surface area contributed by atoms with E-state index in [1.54, 1.807) is 0 Å². The fraction of sp³-hybridized carbons (Fsp3) is 0.571. The van der Waals surface area contributed by atoms with Crippen molar-refractivity contribution in [2.75, 3.05) is 33.0 Å². The van der Waals surface area contributed by atoms with Crippen molar-refractivity contribution in [1.29, 1.82) is 0 Å². The van der Waals surface area contributed by atoms with Gasteiger partial charge in [-0.1, -0.05) is 17.7 Å². The fourth-order valence-corrected chi connectivity index (χ4v) is 4.26. The minimum atomic E-state index is 0.192. The van der Waals surface area contributed by atoms with Crippen LogP contribution in [0.15, 0.2) is 29.8 Å². The van der Waals surface area contributed by atoms with Crippen LogP contribution in [-0.4, -0.2) is 48.7 Å². The maximum absolute atomic E-state index is 12.4. The Balaban J connectivity index is 1.33. The number of benzene rings is 1. The zero-order valence-corrected chi connectivity index (χ0v) is 15.8. The number of allylic oxidation sites excluding steroid dienone is 1. The van der Waals surface area contributed by atoms with Crippen LogP contribution in [0.5, 0.6) is 11.5 Å². The van der Waals surface area contributed by atoms with Crippen LogP contribution in [-0.2, 0) is 11.3 Å². The molecule has 2 saturated heterocycles. The Kier molecular flexibility index (Phi) is 4.65. The summed E-state index contributed by atoms with van der Waals surface area (Å²) < 4.78 is 10.9. The molecule has 3 heterocycles. The van der Waals surface area contributed by atoms with Crippen LogP contribution < -0.4 is 9.47 Å². The number of carbonyl (C=O) groups is 1. The van der Waals surface area contributed by atoms with E-state index in [2.05, 4.69) is 37.0 Å². The molecular weight excluding hydrogens is 328 g/mol. The van der Waals surface area contributed by atoms with E-state index >= 15 is 0 Å². The first-order valence-corrected chi connectivity index (χ1v) is 9.55. The minimum absolute atomic E-state index is 0.192. The molecule has 140 valence electrons. The van der Waals surface area contributed by atoms with Gasteiger partial charge in [0.05, 0.1) is 0 Å². The summed E-state index contributed by atoms with van der Waals surface area (Å²) in [5.41, 5.74) is 2.73. The number of hydrogen-bond donors (Lipinski definition) is 0. The van der Waals surface area contributed by atoms with E-state index in [-0.39, 0.29) is 5.41 Å². The zero-order chi connectivity index (χ0) is 18.1. The molecular formula is C21H28N2O3. The van der Waals surface area contributed by atoms with E-state index in [4.69, 9.17) is 9.47 Å². The first-order chi connectivity index (χ1) is 12.5. The second kappa shape index (κ2) is 6.95. The molecule has 1 aromatic rings. The van der Waals surface area contributed by atoms with Gasteiger partial charge in [-0.3, -0.25) is 9.69 Å². The van der Waals surface area contributed by atoms with E-state index < -0.39 is 0 Å². The summed E-state index contributed by atoms with van der Waals surface area (Å²) >= 11 is 0. The predicted octanol–water partition coefficient (Wildman–Crippen LogP) is 3.20. The van der Waals surface area contributed by atoms with Crippen LogP contribution >= 0.6 is 0 Å². The second-order valence-electron chi connectivity index (χ2n) is 8.20. The van der Waals surface area contributed by atoms with Crippen molar-refractivity contribution < 1.29 is 14.3 Å². The van der Waals surface area contributed by atoms with Crippen molar-refractivity contribution in [3.63, 3.8) is 0 Å². The minimum Gasteiger partial charge on any atom is -0.454 e. The highest BCUT2D eigenvalue weighted by molar-refractivity contribution is 5.79. The largest absolute Gasteiger partial charge is 0.454 e. The lowest BCUT2D eigenvalue weighted by Gasteiger charge is -2.38. The lowest BCUT2D eigenvalue weighted by Crippen LogP contribution is -2.41. The van der Waals surface area contributed by atoms with Crippen LogP contribution in [0.1, 0.15) is 38.7 Å². The Morgan fingerprint density at radius 3 is 2.73 bits per heavy atom. The highest BCUT2D eigenvalue weighted by Crippen LogP contribution is 2.41. The normalized spacial score (nSPS) is 21.5. The number of rotatable bonds is 4. The third-order valence-electron chi connectivity index (χ3n) is 5.89. The van der Waals surface area contributed by atoms with Crippen molar-refractivity contribution in [2.45, 2.75) is 39.7 Å². The Hall–Kier alpha value is -2.01. The molecule has 0 aliphatic carbocycles. The molecule has 0 saturated carbocycles. The molecule has 5 heteroatoms. The number of fused-ring (bicyclic) bond motifs is 1. The summed E-state index contributed by atoms with van der Waals surface area (Å²) in [4.78, 5) is 16.9. The molecule has 5 nitrogen and oxygen atoms in total. The van der Waals surface area contributed by atoms with E-state index in [1.807, 2.05) is 11.0 Å². The zero-order valence-electron chi connectivity index (χ0n) is 15.8. The SMILES string of the molecule is CC(C)=CCN1CC2(CCN(Cc3ccc4c(c3)OCO4)CC2)CC1=O. The third kappa shape index (κ3) is 3.58. The van der Waals surface area contributed by atoms with Gasteiger partial charge in [0, 0.05) is 26.1 Å². The van der Waals surface area contributed by atoms with Gasteiger partial charge in [-0.25, -0.2) is 0 Å². The van der Waals surface area contributed by atoms with Gasteiger partial charge < -0.3 is 14.4 Å². The van der Waals surface area contributed by atoms with Crippen LogP contribution in [0.4, 0.5) is 0 Å². The summed E-state index contributed by atoms with van der Waals surface area (Å²) in [5.74, 6) is 2.02. The number of nitrogens with zero attached hydrogens (tertiary/aromatic N) is 2. The molecule has 1 spiro atoms. The monoisotopic (exact) mass is 356 g/mol. The van der Waals surface area contributed by atoms with Crippen molar-refractivity contribution in [1.82, 2.24) is 9.80 Å². The molecule has 0 radical (unpaired) electrons. The van der Waals surface area contributed by atoms with E-state index in [0.29, 0.717) is 12.7 Å². The summed E-state index contributed by atoms with van der Waals surface area (Å²) in [7, 11) is 0. The fourth-order valence-electron chi connectivity index (χ4n) is 4.26. The molecule has 1 aromatic carbocycles. The molecule has 0 atom stereocenters. The van der Waals surface area contributed by atoms with Crippen LogP contribution in [0, 0.1) is 5.41 Å². The Labute approximate surface area is 155 Å². The summed E-state index contributed by atoms with van der Waals surface area (Å²) in [6.45, 7) is 9.23. The Bertz CT molecular complexity index is 716. The number of hydrogen-bond acceptors (Lipinski definition) is 4. The van der Waals surface area contributed by atoms with E-state index in [0.717, 1.165) is 63.5 Å². The molecule has 3 aliphatic rings. The molecule has 26 heavy (non-hydrogen) atoms. The molecule has 4 rings (SSSR count). The lowest BCUT2D eigenvalue weighted by atomic mass is 9.77. The van der Waals surface area contributed by atoms with Crippen LogP contribution in [0.3, 0.4) is 0 Å². The molecule has 3 aliphatic heterocycles. The van der Waals surface area contributed by atoms with Crippen molar-refractivity contribution in [2.24, 2.45) is 5.41 Å². The number of carbonyl (C=O) groups excluding carboxylic acids is 1. The lowest BCUT2D eigenvalue weighted by molar-refractivity contribution is -0.127. The van der Waals surface area contributed by atoms with Gasteiger partial charge in [0.2, 0.25) is 12.7 Å². The summed E-state index contributed by atoms with van der Waals surface area (Å²) in [6.07, 6.45) is 5.09. The molecule has 1 amide bonds. The van der Waals surface area contributed by atoms with Gasteiger partial charge in [-0.2, -0.15) is 0 Å². The smallest absolute Gasteiger partial charge is 0.231 e. The first-order valence-electron chi connectivity index (χ1n) is 9.55. The average Bonchev–Trinajstić information content (AvgIpc) is 3.19. The molecule has 0 bridgehead atoms. The summed E-state index contributed by atoms with van der Waals surface area (Å²) in [6, 6.07) is 6.21. The standard InChI is InChI=1S/C21H28N2O3/c1-16(2)5-8-23-14-21(12-20(23)24)6-9-22(10-7-21)13-17-3-4-18-19(11-17)26-15-25-18/h3-5,11H,6-10,12-15H2,1-2H3. The first kappa shape index (κ1) is 17.4. The number of ether oxygens (including phenoxy) is 2.